The normalized spacial score (nSPS) is 15.0. The molecule has 0 aromatic rings. The van der Waals surface area contributed by atoms with Gasteiger partial charge in [0.2, 0.25) is 0 Å². The summed E-state index contributed by atoms with van der Waals surface area (Å²) in [6.07, 6.45) is 25.3. The minimum absolute atomic E-state index is 0.0481. The van der Waals surface area contributed by atoms with Crippen molar-refractivity contribution in [2.45, 2.75) is 77.2 Å². The highest BCUT2D eigenvalue weighted by Gasteiger charge is 2.24. The third-order valence-electron chi connectivity index (χ3n) is 4.58. The van der Waals surface area contributed by atoms with Crippen LogP contribution in [0.4, 0.5) is 0 Å². The molecule has 0 aliphatic rings. The topological polar surface area (TPSA) is 138 Å². The van der Waals surface area contributed by atoms with Crippen molar-refractivity contribution in [1.82, 2.24) is 0 Å². The second-order valence-electron chi connectivity index (χ2n) is 7.78. The number of hydrogen-bond donors (Lipinski definition) is 3. The highest BCUT2D eigenvalue weighted by Crippen LogP contribution is 2.42. The van der Waals surface area contributed by atoms with Gasteiger partial charge in [-0.15, -0.1) is 0 Å². The van der Waals surface area contributed by atoms with Crippen LogP contribution >= 0.6 is 7.82 Å². The summed E-state index contributed by atoms with van der Waals surface area (Å²) >= 11 is 0. The van der Waals surface area contributed by atoms with E-state index >= 15 is 0 Å². The Bertz CT molecular complexity index is 678. The zero-order valence-electron chi connectivity index (χ0n) is 21.0. The molecule has 4 N–H and O–H groups in total. The van der Waals surface area contributed by atoms with Crippen LogP contribution in [-0.4, -0.2) is 48.6 Å². The molecule has 10 heteroatoms. The van der Waals surface area contributed by atoms with Crippen molar-refractivity contribution in [3.05, 3.63) is 48.6 Å². The highest BCUT2D eigenvalue weighted by molar-refractivity contribution is 7.47. The average molecular weight is 518 g/mol. The molecule has 0 rings (SSSR count). The van der Waals surface area contributed by atoms with Gasteiger partial charge in [0.25, 0.3) is 0 Å². The van der Waals surface area contributed by atoms with Gasteiger partial charge in [-0.25, -0.2) is 9.45 Å². The largest absolute Gasteiger partial charge is 0.472 e. The van der Waals surface area contributed by atoms with Crippen molar-refractivity contribution >= 4 is 13.8 Å². The van der Waals surface area contributed by atoms with Crippen LogP contribution in [0.15, 0.2) is 48.6 Å². The molecule has 2 atom stereocenters. The molecular formula is C25H44NO8P. The molecule has 9 nitrogen and oxygen atoms in total. The zero-order chi connectivity index (χ0) is 26.0. The summed E-state index contributed by atoms with van der Waals surface area (Å²) in [5.74, 6) is -0.463. The standard InChI is InChI=1S/C25H44NO8P/c1-2-3-4-5-6-7-8-9-10-11-12-13-14-15-16-17-18-19-25(27)31-22-24(34-28)23-33-35(29,30)32-21-20-26/h6-7,9-10,12-13,15-16,24,28H,2-5,8,11,14,17-23,26H2,1H3,(H,29,30)/t24-/m1/s1. The maximum absolute atomic E-state index is 11.8. The monoisotopic (exact) mass is 517 g/mol. The van der Waals surface area contributed by atoms with E-state index in [1.54, 1.807) is 0 Å². The number of hydrogen-bond acceptors (Lipinski definition) is 8. The quantitative estimate of drug-likeness (QED) is 0.0393. The van der Waals surface area contributed by atoms with Crippen LogP contribution in [0.5, 0.6) is 0 Å². The first-order valence-electron chi connectivity index (χ1n) is 12.3. The van der Waals surface area contributed by atoms with Crippen LogP contribution in [0.3, 0.4) is 0 Å². The maximum atomic E-state index is 11.8. The molecule has 0 fully saturated rings. The summed E-state index contributed by atoms with van der Waals surface area (Å²) in [5, 5.41) is 8.82. The van der Waals surface area contributed by atoms with E-state index in [0.717, 1.165) is 25.7 Å². The van der Waals surface area contributed by atoms with E-state index < -0.39 is 26.5 Å². The SMILES string of the molecule is CCCCCC=CCC=CCC=CCC=CCCCC(=O)OC[C@H](COP(=O)(O)OCCN)OO. The van der Waals surface area contributed by atoms with Crippen LogP contribution in [0.25, 0.3) is 0 Å². The molecule has 0 radical (unpaired) electrons. The second kappa shape index (κ2) is 24.1. The lowest BCUT2D eigenvalue weighted by Gasteiger charge is -2.16. The predicted molar refractivity (Wildman–Crippen MR) is 138 cm³/mol. The number of unbranched alkanes of at least 4 members (excludes halogenated alkanes) is 4. The molecule has 0 aromatic carbocycles. The molecule has 0 amide bonds. The van der Waals surface area contributed by atoms with Crippen LogP contribution in [0, 0.1) is 0 Å². The predicted octanol–water partition coefficient (Wildman–Crippen LogP) is 5.63. The summed E-state index contributed by atoms with van der Waals surface area (Å²) in [4.78, 5) is 25.3. The summed E-state index contributed by atoms with van der Waals surface area (Å²) in [5.41, 5.74) is 5.17. The fraction of sp³-hybridized carbons (Fsp3) is 0.640. The van der Waals surface area contributed by atoms with Gasteiger partial charge < -0.3 is 15.4 Å². The van der Waals surface area contributed by atoms with Crippen molar-refractivity contribution in [3.63, 3.8) is 0 Å². The Hall–Kier alpha value is -1.58. The molecule has 202 valence electrons. The molecule has 0 saturated carbocycles. The van der Waals surface area contributed by atoms with E-state index in [1.165, 1.54) is 25.7 Å². The lowest BCUT2D eigenvalue weighted by molar-refractivity contribution is -0.290. The van der Waals surface area contributed by atoms with E-state index in [9.17, 15) is 14.3 Å². The Morgan fingerprint density at radius 2 is 1.46 bits per heavy atom. The van der Waals surface area contributed by atoms with Gasteiger partial charge in [0, 0.05) is 13.0 Å². The van der Waals surface area contributed by atoms with E-state index in [2.05, 4.69) is 63.4 Å². The zero-order valence-corrected chi connectivity index (χ0v) is 21.9. The van der Waals surface area contributed by atoms with Gasteiger partial charge in [-0.05, 0) is 44.9 Å². The Morgan fingerprint density at radius 3 is 2.00 bits per heavy atom. The fourth-order valence-corrected chi connectivity index (χ4v) is 3.44. The Kier molecular flexibility index (Phi) is 23.0. The first-order valence-corrected chi connectivity index (χ1v) is 13.8. The van der Waals surface area contributed by atoms with E-state index in [4.69, 9.17) is 15.7 Å². The second-order valence-corrected chi connectivity index (χ2v) is 9.23. The molecular weight excluding hydrogens is 473 g/mol. The van der Waals surface area contributed by atoms with Crippen molar-refractivity contribution in [1.29, 1.82) is 0 Å². The molecule has 35 heavy (non-hydrogen) atoms. The number of nitrogens with two attached hydrogens (primary N) is 1. The van der Waals surface area contributed by atoms with E-state index in [0.29, 0.717) is 6.42 Å². The van der Waals surface area contributed by atoms with Crippen LogP contribution in [0.1, 0.15) is 71.1 Å². The van der Waals surface area contributed by atoms with Crippen LogP contribution in [-0.2, 0) is 28.0 Å². The van der Waals surface area contributed by atoms with Gasteiger partial charge in [0.1, 0.15) is 6.61 Å². The number of carbonyl (C=O) groups is 1. The van der Waals surface area contributed by atoms with Crippen molar-refractivity contribution in [2.24, 2.45) is 5.73 Å². The lowest BCUT2D eigenvalue weighted by atomic mass is 10.2. The summed E-state index contributed by atoms with van der Waals surface area (Å²) in [7, 11) is -4.30. The van der Waals surface area contributed by atoms with Gasteiger partial charge >= 0.3 is 13.8 Å². The van der Waals surface area contributed by atoms with Gasteiger partial charge in [0.15, 0.2) is 6.10 Å². The van der Waals surface area contributed by atoms with Crippen LogP contribution in [0.2, 0.25) is 0 Å². The molecule has 0 aliphatic carbocycles. The molecule has 0 aromatic heterocycles. The first kappa shape index (κ1) is 33.4. The molecule has 0 aliphatic heterocycles. The molecule has 1 unspecified atom stereocenters. The number of rotatable bonds is 23. The van der Waals surface area contributed by atoms with E-state index in [1.807, 2.05) is 6.08 Å². The third kappa shape index (κ3) is 23.9. The fourth-order valence-electron chi connectivity index (χ4n) is 2.67. The number of carbonyl (C=O) groups excluding carboxylic acids is 1. The smallest absolute Gasteiger partial charge is 0.463 e. The third-order valence-corrected chi connectivity index (χ3v) is 5.57. The van der Waals surface area contributed by atoms with Gasteiger partial charge in [-0.1, -0.05) is 68.4 Å². The van der Waals surface area contributed by atoms with E-state index in [-0.39, 0.29) is 26.2 Å². The lowest BCUT2D eigenvalue weighted by Crippen LogP contribution is -2.26. The van der Waals surface area contributed by atoms with Gasteiger partial charge in [-0.3, -0.25) is 19.1 Å². The summed E-state index contributed by atoms with van der Waals surface area (Å²) in [6, 6.07) is 0. The Labute approximate surface area is 210 Å². The Balaban J connectivity index is 3.78. The number of allylic oxidation sites excluding steroid dienone is 8. The molecule has 0 saturated heterocycles. The molecule has 0 spiro atoms. The maximum Gasteiger partial charge on any atom is 0.472 e. The Morgan fingerprint density at radius 1 is 0.886 bits per heavy atom. The minimum atomic E-state index is -4.30. The van der Waals surface area contributed by atoms with Crippen molar-refractivity contribution in [3.8, 4) is 0 Å². The van der Waals surface area contributed by atoms with Crippen LogP contribution < -0.4 is 5.73 Å². The number of esters is 1. The van der Waals surface area contributed by atoms with Crippen molar-refractivity contribution < 1.29 is 38.2 Å². The number of phosphoric ester groups is 1. The highest BCUT2D eigenvalue weighted by atomic mass is 31.2. The average Bonchev–Trinajstić information content (AvgIpc) is 2.84. The van der Waals surface area contributed by atoms with Gasteiger partial charge in [-0.2, -0.15) is 0 Å². The minimum Gasteiger partial charge on any atom is -0.463 e. The first-order chi connectivity index (χ1) is 16.9. The molecule has 0 bridgehead atoms. The van der Waals surface area contributed by atoms with Gasteiger partial charge in [0.05, 0.1) is 13.2 Å². The van der Waals surface area contributed by atoms with Crippen molar-refractivity contribution in [2.75, 3.05) is 26.4 Å². The summed E-state index contributed by atoms with van der Waals surface area (Å²) in [6.45, 7) is 1.28. The number of ether oxygens (including phenoxy) is 1. The summed E-state index contributed by atoms with van der Waals surface area (Å²) < 4.78 is 25.7. The molecule has 0 heterocycles. The number of phosphoric acid groups is 1.